The molecule has 3 aromatic rings. The summed E-state index contributed by atoms with van der Waals surface area (Å²) >= 11 is 9.09. The van der Waals surface area contributed by atoms with Crippen molar-refractivity contribution in [3.05, 3.63) is 87.1 Å². The maximum absolute atomic E-state index is 13.3. The second-order valence-corrected chi connectivity index (χ2v) is 10.5. The Bertz CT molecular complexity index is 1580. The maximum atomic E-state index is 13.3. The molecule has 1 saturated heterocycles. The molecule has 0 saturated carbocycles. The van der Waals surface area contributed by atoms with E-state index >= 15 is 0 Å². The van der Waals surface area contributed by atoms with Gasteiger partial charge in [-0.1, -0.05) is 11.6 Å². The van der Waals surface area contributed by atoms with E-state index in [9.17, 15) is 27.2 Å². The van der Waals surface area contributed by atoms with Gasteiger partial charge in [-0.15, -0.1) is 0 Å². The zero-order chi connectivity index (χ0) is 27.6. The fraction of sp³-hybridized carbons (Fsp3) is 0.0800. The van der Waals surface area contributed by atoms with Crippen LogP contribution in [-0.4, -0.2) is 32.9 Å². The largest absolute Gasteiger partial charge is 0.490 e. The zero-order valence-corrected chi connectivity index (χ0v) is 22.6. The molecule has 0 atom stereocenters. The van der Waals surface area contributed by atoms with Crippen LogP contribution in [0, 0.1) is 5.82 Å². The van der Waals surface area contributed by atoms with Crippen molar-refractivity contribution in [2.75, 3.05) is 11.5 Å². The van der Waals surface area contributed by atoms with Crippen molar-refractivity contribution in [2.24, 2.45) is 0 Å². The maximum Gasteiger partial charge on any atom is 0.339 e. The van der Waals surface area contributed by atoms with Crippen LogP contribution in [0.25, 0.3) is 6.08 Å². The molecule has 1 heterocycles. The van der Waals surface area contributed by atoms with Gasteiger partial charge < -0.3 is 8.92 Å². The highest BCUT2D eigenvalue weighted by Crippen LogP contribution is 2.39. The summed E-state index contributed by atoms with van der Waals surface area (Å²) in [6.07, 6.45) is 1.20. The van der Waals surface area contributed by atoms with E-state index in [1.807, 2.05) is 0 Å². The number of anilines is 1. The quantitative estimate of drug-likeness (QED) is 0.222. The molecule has 0 radical (unpaired) electrons. The fourth-order valence-electron chi connectivity index (χ4n) is 3.42. The lowest BCUT2D eigenvalue weighted by molar-refractivity contribution is -0.122. The molecule has 38 heavy (non-hydrogen) atoms. The van der Waals surface area contributed by atoms with Crippen LogP contribution in [0.3, 0.4) is 0 Å². The van der Waals surface area contributed by atoms with Crippen molar-refractivity contribution in [1.82, 2.24) is 5.32 Å². The summed E-state index contributed by atoms with van der Waals surface area (Å²) in [6, 6.07) is 11.7. The standard InChI is InChI=1S/C25H17BrClFN2O7S/c1-2-36-21-13-14(12-20(26)22(21)37-38(34,35)18-9-3-15(27)4-10-18)11-19-23(31)29-25(33)30(24(19)32)17-7-5-16(28)6-8-17/h3-13H,2H2,1H3,(H,29,31,33)/b19-11+. The number of amides is 4. The zero-order valence-electron chi connectivity index (χ0n) is 19.4. The summed E-state index contributed by atoms with van der Waals surface area (Å²) in [5.74, 6) is -2.62. The van der Waals surface area contributed by atoms with Gasteiger partial charge in [-0.25, -0.2) is 14.1 Å². The Morgan fingerprint density at radius 3 is 2.34 bits per heavy atom. The molecule has 3 aromatic carbocycles. The molecule has 196 valence electrons. The molecule has 13 heteroatoms. The Balaban J connectivity index is 1.72. The molecule has 0 bridgehead atoms. The number of urea groups is 1. The number of benzene rings is 3. The van der Waals surface area contributed by atoms with E-state index in [0.29, 0.717) is 9.92 Å². The molecule has 0 spiro atoms. The first-order chi connectivity index (χ1) is 18.0. The van der Waals surface area contributed by atoms with E-state index in [1.165, 1.54) is 54.6 Å². The lowest BCUT2D eigenvalue weighted by Gasteiger charge is -2.26. The fourth-order valence-corrected chi connectivity index (χ4v) is 5.15. The third-order valence-corrected chi connectivity index (χ3v) is 7.20. The Labute approximate surface area is 230 Å². The second kappa shape index (κ2) is 10.9. The summed E-state index contributed by atoms with van der Waals surface area (Å²) in [5, 5.41) is 2.42. The molecule has 0 aliphatic carbocycles. The molecule has 1 fully saturated rings. The number of hydrogen-bond acceptors (Lipinski definition) is 7. The highest BCUT2D eigenvalue weighted by Gasteiger charge is 2.37. The summed E-state index contributed by atoms with van der Waals surface area (Å²) in [4.78, 5) is 38.5. The number of barbiturate groups is 1. The van der Waals surface area contributed by atoms with Crippen LogP contribution in [0.5, 0.6) is 11.5 Å². The summed E-state index contributed by atoms with van der Waals surface area (Å²) in [5.41, 5.74) is -0.0890. The molecule has 4 rings (SSSR count). The minimum absolute atomic E-state index is 0.00129. The van der Waals surface area contributed by atoms with E-state index in [1.54, 1.807) is 6.92 Å². The first kappa shape index (κ1) is 27.3. The highest BCUT2D eigenvalue weighted by atomic mass is 79.9. The van der Waals surface area contributed by atoms with Gasteiger partial charge in [0.15, 0.2) is 11.5 Å². The van der Waals surface area contributed by atoms with Crippen molar-refractivity contribution >= 4 is 67.3 Å². The lowest BCUT2D eigenvalue weighted by Crippen LogP contribution is -2.54. The number of carbonyl (C=O) groups is 3. The highest BCUT2D eigenvalue weighted by molar-refractivity contribution is 9.10. The molecule has 1 aliphatic heterocycles. The molecule has 4 amide bonds. The number of rotatable bonds is 7. The van der Waals surface area contributed by atoms with Crippen LogP contribution in [0.4, 0.5) is 14.9 Å². The summed E-state index contributed by atoms with van der Waals surface area (Å²) in [7, 11) is -4.27. The van der Waals surface area contributed by atoms with Gasteiger partial charge >= 0.3 is 16.1 Å². The average molecular weight is 624 g/mol. The van der Waals surface area contributed by atoms with E-state index < -0.39 is 39.4 Å². The van der Waals surface area contributed by atoms with Gasteiger partial charge in [0.05, 0.1) is 16.8 Å². The van der Waals surface area contributed by atoms with Crippen LogP contribution >= 0.6 is 27.5 Å². The van der Waals surface area contributed by atoms with Gasteiger partial charge in [-0.3, -0.25) is 14.9 Å². The second-order valence-electron chi connectivity index (χ2n) is 7.69. The number of ether oxygens (including phenoxy) is 1. The van der Waals surface area contributed by atoms with Gasteiger partial charge in [-0.05, 0) is 95.2 Å². The van der Waals surface area contributed by atoms with E-state index in [4.69, 9.17) is 20.5 Å². The van der Waals surface area contributed by atoms with Gasteiger partial charge in [-0.2, -0.15) is 8.42 Å². The number of hydrogen-bond donors (Lipinski definition) is 1. The third kappa shape index (κ3) is 5.72. The summed E-state index contributed by atoms with van der Waals surface area (Å²) in [6.45, 7) is 1.80. The van der Waals surface area contributed by atoms with Crippen LogP contribution in [0.15, 0.2) is 75.6 Å². The van der Waals surface area contributed by atoms with Crippen molar-refractivity contribution in [1.29, 1.82) is 0 Å². The Hall–Kier alpha value is -3.74. The van der Waals surface area contributed by atoms with Crippen molar-refractivity contribution in [2.45, 2.75) is 11.8 Å². The molecular weight excluding hydrogens is 607 g/mol. The van der Waals surface area contributed by atoms with Crippen LogP contribution in [0.1, 0.15) is 12.5 Å². The number of nitrogens with zero attached hydrogens (tertiary/aromatic N) is 1. The third-order valence-electron chi connectivity index (χ3n) is 5.12. The monoisotopic (exact) mass is 622 g/mol. The normalized spacial score (nSPS) is 15.0. The minimum atomic E-state index is -4.27. The topological polar surface area (TPSA) is 119 Å². The van der Waals surface area contributed by atoms with Gasteiger partial charge in [0.2, 0.25) is 0 Å². The first-order valence-electron chi connectivity index (χ1n) is 10.8. The van der Waals surface area contributed by atoms with E-state index in [0.717, 1.165) is 12.1 Å². The molecule has 1 aliphatic rings. The van der Waals surface area contributed by atoms with Crippen LogP contribution in [-0.2, 0) is 19.7 Å². The lowest BCUT2D eigenvalue weighted by atomic mass is 10.1. The molecule has 9 nitrogen and oxygen atoms in total. The van der Waals surface area contributed by atoms with E-state index in [2.05, 4.69) is 21.2 Å². The van der Waals surface area contributed by atoms with Crippen molar-refractivity contribution in [3.8, 4) is 11.5 Å². The Kier molecular flexibility index (Phi) is 7.86. The predicted octanol–water partition coefficient (Wildman–Crippen LogP) is 5.07. The van der Waals surface area contributed by atoms with Crippen LogP contribution < -0.4 is 19.1 Å². The molecular formula is C25H17BrClFN2O7S. The van der Waals surface area contributed by atoms with Gasteiger partial charge in [0.25, 0.3) is 11.8 Å². The van der Waals surface area contributed by atoms with Crippen molar-refractivity contribution in [3.63, 3.8) is 0 Å². The average Bonchev–Trinajstić information content (AvgIpc) is 2.85. The van der Waals surface area contributed by atoms with Crippen molar-refractivity contribution < 1.29 is 36.1 Å². The summed E-state index contributed by atoms with van der Waals surface area (Å²) < 4.78 is 50.0. The Morgan fingerprint density at radius 1 is 1.05 bits per heavy atom. The minimum Gasteiger partial charge on any atom is -0.490 e. The number of carbonyl (C=O) groups excluding carboxylic acids is 3. The predicted molar refractivity (Wildman–Crippen MR) is 140 cm³/mol. The number of halogens is 3. The molecule has 0 unspecified atom stereocenters. The smallest absolute Gasteiger partial charge is 0.339 e. The SMILES string of the molecule is CCOc1cc(/C=C2\C(=O)NC(=O)N(c3ccc(F)cc3)C2=O)cc(Br)c1OS(=O)(=O)c1ccc(Cl)cc1. The molecule has 0 aromatic heterocycles. The Morgan fingerprint density at radius 2 is 1.71 bits per heavy atom. The van der Waals surface area contributed by atoms with E-state index in [-0.39, 0.29) is 38.7 Å². The number of nitrogens with one attached hydrogen (secondary N) is 1. The molecule has 1 N–H and O–H groups in total. The first-order valence-corrected chi connectivity index (χ1v) is 13.4. The van der Waals surface area contributed by atoms with Gasteiger partial charge in [0, 0.05) is 5.02 Å². The van der Waals surface area contributed by atoms with Crippen LogP contribution in [0.2, 0.25) is 5.02 Å². The van der Waals surface area contributed by atoms with Gasteiger partial charge in [0.1, 0.15) is 16.3 Å². The number of imide groups is 2.